The van der Waals surface area contributed by atoms with Crippen molar-refractivity contribution in [2.24, 2.45) is 0 Å². The number of hydrogen-bond donors (Lipinski definition) is 1. The van der Waals surface area contributed by atoms with Crippen molar-refractivity contribution in [3.05, 3.63) is 36.1 Å². The fourth-order valence-electron chi connectivity index (χ4n) is 0.995. The first kappa shape index (κ1) is 8.19. The van der Waals surface area contributed by atoms with Crippen LogP contribution in [0.4, 0.5) is 11.5 Å². The highest BCUT2D eigenvalue weighted by Crippen LogP contribution is 2.21. The largest absolute Gasteiger partial charge is 0.392 e. The van der Waals surface area contributed by atoms with Crippen molar-refractivity contribution >= 4 is 11.5 Å². The minimum Gasteiger partial charge on any atom is -0.392 e. The quantitative estimate of drug-likeness (QED) is 0.668. The van der Waals surface area contributed by atoms with E-state index in [0.29, 0.717) is 11.6 Å². The van der Waals surface area contributed by atoms with Gasteiger partial charge in [-0.1, -0.05) is 0 Å². The van der Waals surface area contributed by atoms with Crippen LogP contribution in [0.5, 0.6) is 0 Å². The number of nitrogens with zero attached hydrogens (tertiary/aromatic N) is 5. The lowest BCUT2D eigenvalue weighted by Gasteiger charge is -2.00. The molecule has 14 heavy (non-hydrogen) atoms. The van der Waals surface area contributed by atoms with Gasteiger partial charge in [0.05, 0.1) is 12.8 Å². The van der Waals surface area contributed by atoms with Crippen molar-refractivity contribution in [1.82, 2.24) is 19.7 Å². The van der Waals surface area contributed by atoms with Gasteiger partial charge in [-0.15, -0.1) is 0 Å². The highest BCUT2D eigenvalue weighted by atomic mass is 15.4. The van der Waals surface area contributed by atoms with Gasteiger partial charge in [-0.05, 0) is 6.07 Å². The smallest absolute Gasteiger partial charge is 0.251 e. The Balaban J connectivity index is 2.54. The Bertz CT molecular complexity index is 480. The Morgan fingerprint density at radius 3 is 2.64 bits per heavy atom. The summed E-state index contributed by atoms with van der Waals surface area (Å²) in [5.41, 5.74) is 5.96. The maximum absolute atomic E-state index is 6.81. The molecule has 0 atom stereocenters. The summed E-state index contributed by atoms with van der Waals surface area (Å²) in [6.07, 6.45) is 4.56. The van der Waals surface area contributed by atoms with Crippen LogP contribution in [0.25, 0.3) is 10.8 Å². The second-order valence-electron chi connectivity index (χ2n) is 2.49. The molecule has 0 bridgehead atoms. The lowest BCUT2D eigenvalue weighted by Crippen LogP contribution is -2.05. The maximum Gasteiger partial charge on any atom is 0.251 e. The zero-order valence-corrected chi connectivity index (χ0v) is 7.12. The summed E-state index contributed by atoms with van der Waals surface area (Å²) in [5, 5.41) is 3.91. The molecule has 0 aliphatic rings. The molecule has 6 heteroatoms. The average molecular weight is 186 g/mol. The fourth-order valence-corrected chi connectivity index (χ4v) is 0.995. The number of nitrogen functional groups attached to an aromatic ring is 1. The van der Waals surface area contributed by atoms with E-state index >= 15 is 0 Å². The summed E-state index contributed by atoms with van der Waals surface area (Å²) < 4.78 is 1.33. The molecule has 0 fully saturated rings. The Labute approximate surface area is 79.8 Å². The highest BCUT2D eigenvalue weighted by Gasteiger charge is 2.09. The number of hydrogen-bond acceptors (Lipinski definition) is 4. The van der Waals surface area contributed by atoms with Crippen molar-refractivity contribution in [2.75, 3.05) is 5.73 Å². The average Bonchev–Trinajstić information content (AvgIpc) is 2.61. The third-order valence-corrected chi connectivity index (χ3v) is 1.65. The predicted octanol–water partition coefficient (Wildman–Crippen LogP) is 0.795. The molecule has 0 saturated carbocycles. The second kappa shape index (κ2) is 3.14. The van der Waals surface area contributed by atoms with E-state index in [0.717, 1.165) is 0 Å². The monoisotopic (exact) mass is 186 g/mol. The van der Waals surface area contributed by atoms with E-state index in [1.807, 2.05) is 0 Å². The van der Waals surface area contributed by atoms with Crippen LogP contribution in [-0.4, -0.2) is 19.7 Å². The van der Waals surface area contributed by atoms with Gasteiger partial charge in [0.2, 0.25) is 5.69 Å². The molecule has 0 amide bonds. The molecule has 0 radical (unpaired) electrons. The first-order valence-corrected chi connectivity index (χ1v) is 3.81. The maximum atomic E-state index is 6.81. The summed E-state index contributed by atoms with van der Waals surface area (Å²) in [4.78, 5) is 11.1. The Hall–Kier alpha value is -2.42. The summed E-state index contributed by atoms with van der Waals surface area (Å²) in [6.45, 7) is 6.81. The van der Waals surface area contributed by atoms with Crippen molar-refractivity contribution in [3.63, 3.8) is 0 Å². The van der Waals surface area contributed by atoms with E-state index in [-0.39, 0.29) is 5.82 Å². The van der Waals surface area contributed by atoms with Gasteiger partial charge < -0.3 is 5.73 Å². The molecule has 2 aromatic rings. The first-order valence-electron chi connectivity index (χ1n) is 3.81. The van der Waals surface area contributed by atoms with Crippen molar-refractivity contribution in [1.29, 1.82) is 0 Å². The molecule has 2 heterocycles. The van der Waals surface area contributed by atoms with Crippen molar-refractivity contribution in [2.45, 2.75) is 0 Å². The molecule has 68 valence electrons. The van der Waals surface area contributed by atoms with Crippen LogP contribution < -0.4 is 5.73 Å². The van der Waals surface area contributed by atoms with Crippen LogP contribution in [0, 0.1) is 6.57 Å². The van der Waals surface area contributed by atoms with Crippen LogP contribution >= 0.6 is 0 Å². The van der Waals surface area contributed by atoms with Gasteiger partial charge in [0.15, 0.2) is 0 Å². The van der Waals surface area contributed by atoms with Crippen molar-refractivity contribution < 1.29 is 0 Å². The zero-order valence-electron chi connectivity index (χ0n) is 7.12. The Morgan fingerprint density at radius 2 is 2.07 bits per heavy atom. The minimum atomic E-state index is 0.256. The first-order chi connectivity index (χ1) is 6.83. The molecule has 0 unspecified atom stereocenters. The number of rotatable bonds is 1. The molecule has 0 aliphatic carbocycles. The molecule has 0 aliphatic heterocycles. The fraction of sp³-hybridized carbons (Fsp3) is 0. The Morgan fingerprint density at radius 1 is 1.36 bits per heavy atom. The van der Waals surface area contributed by atoms with Crippen LogP contribution in [-0.2, 0) is 0 Å². The molecule has 2 N–H and O–H groups in total. The number of aromatic nitrogens is 4. The normalized spacial score (nSPS) is 9.64. The van der Waals surface area contributed by atoms with E-state index in [1.54, 1.807) is 18.5 Å². The standard InChI is InChI=1S/C8H6N6/c1-10-6-5-13-14(7(6)9)8-11-3-2-4-12-8/h2-5H,9H2. The lowest BCUT2D eigenvalue weighted by atomic mass is 10.5. The minimum absolute atomic E-state index is 0.256. The van der Waals surface area contributed by atoms with Crippen LogP contribution in [0.15, 0.2) is 24.7 Å². The van der Waals surface area contributed by atoms with Gasteiger partial charge >= 0.3 is 0 Å². The van der Waals surface area contributed by atoms with Crippen LogP contribution in [0.3, 0.4) is 0 Å². The molecule has 2 aromatic heterocycles. The van der Waals surface area contributed by atoms with Crippen molar-refractivity contribution in [3.8, 4) is 5.95 Å². The molecular formula is C8H6N6. The lowest BCUT2D eigenvalue weighted by molar-refractivity contribution is 0.817. The molecular weight excluding hydrogens is 180 g/mol. The van der Waals surface area contributed by atoms with E-state index in [9.17, 15) is 0 Å². The van der Waals surface area contributed by atoms with E-state index in [4.69, 9.17) is 12.3 Å². The summed E-state index contributed by atoms with van der Waals surface area (Å²) in [5.74, 6) is 0.617. The summed E-state index contributed by atoms with van der Waals surface area (Å²) >= 11 is 0. The van der Waals surface area contributed by atoms with Crippen LogP contribution in [0.1, 0.15) is 0 Å². The predicted molar refractivity (Wildman–Crippen MR) is 49.8 cm³/mol. The molecule has 0 aromatic carbocycles. The molecule has 0 saturated heterocycles. The number of anilines is 1. The summed E-state index contributed by atoms with van der Waals surface area (Å²) in [6, 6.07) is 1.69. The SMILES string of the molecule is [C-]#[N+]c1cnn(-c2ncccn2)c1N. The van der Waals surface area contributed by atoms with Gasteiger partial charge in [-0.2, -0.15) is 9.78 Å². The van der Waals surface area contributed by atoms with Gasteiger partial charge in [0.1, 0.15) is 5.82 Å². The third kappa shape index (κ3) is 1.17. The van der Waals surface area contributed by atoms with E-state index in [2.05, 4.69) is 19.9 Å². The van der Waals surface area contributed by atoms with Gasteiger partial charge in [-0.25, -0.2) is 14.8 Å². The topological polar surface area (TPSA) is 74.0 Å². The van der Waals surface area contributed by atoms with Gasteiger partial charge in [0, 0.05) is 12.4 Å². The zero-order chi connectivity index (χ0) is 9.97. The van der Waals surface area contributed by atoms with E-state index < -0.39 is 0 Å². The van der Waals surface area contributed by atoms with Gasteiger partial charge in [-0.3, -0.25) is 0 Å². The second-order valence-corrected chi connectivity index (χ2v) is 2.49. The third-order valence-electron chi connectivity index (χ3n) is 1.65. The van der Waals surface area contributed by atoms with Gasteiger partial charge in [0.25, 0.3) is 5.95 Å². The molecule has 0 spiro atoms. The molecule has 2 rings (SSSR count). The van der Waals surface area contributed by atoms with Crippen LogP contribution in [0.2, 0.25) is 0 Å². The summed E-state index contributed by atoms with van der Waals surface area (Å²) in [7, 11) is 0. The van der Waals surface area contributed by atoms with E-state index in [1.165, 1.54) is 10.9 Å². The highest BCUT2D eigenvalue weighted by molar-refractivity contribution is 5.63. The Kier molecular flexibility index (Phi) is 1.84. The molecule has 6 nitrogen and oxygen atoms in total. The number of nitrogens with two attached hydrogens (primary N) is 1.